The number of unbranched alkanes of at least 4 members (excludes halogenated alkanes) is 5. The van der Waals surface area contributed by atoms with Crippen LogP contribution < -0.4 is 0 Å². The predicted molar refractivity (Wildman–Crippen MR) is 88.4 cm³/mol. The Kier molecular flexibility index (Phi) is 13.6. The van der Waals surface area contributed by atoms with Gasteiger partial charge in [-0.3, -0.25) is 0 Å². The molecule has 0 aliphatic heterocycles. The van der Waals surface area contributed by atoms with Crippen molar-refractivity contribution in [1.29, 1.82) is 0 Å². The fourth-order valence-corrected chi connectivity index (χ4v) is 2.24. The van der Waals surface area contributed by atoms with E-state index in [2.05, 4.69) is 20.4 Å². The number of hydrogen-bond donors (Lipinski definition) is 0. The van der Waals surface area contributed by atoms with Crippen molar-refractivity contribution in [1.82, 2.24) is 0 Å². The van der Waals surface area contributed by atoms with Gasteiger partial charge in [-0.1, -0.05) is 65.4 Å². The number of carbonyl (C=O) groups excluding carboxylic acids is 1. The summed E-state index contributed by atoms with van der Waals surface area (Å²) in [5.41, 5.74) is 0.422. The molecule has 0 radical (unpaired) electrons. The SMILES string of the molecule is C=C(COC(CCCCC)CCCCCC)C(=O)OCC. The molecule has 0 heterocycles. The Morgan fingerprint density at radius 1 is 0.952 bits per heavy atom. The van der Waals surface area contributed by atoms with E-state index >= 15 is 0 Å². The van der Waals surface area contributed by atoms with E-state index in [9.17, 15) is 4.79 Å². The number of carbonyl (C=O) groups is 1. The van der Waals surface area contributed by atoms with Crippen LogP contribution in [0, 0.1) is 0 Å². The van der Waals surface area contributed by atoms with E-state index < -0.39 is 0 Å². The van der Waals surface area contributed by atoms with E-state index in [0.717, 1.165) is 12.8 Å². The monoisotopic (exact) mass is 298 g/mol. The maximum absolute atomic E-state index is 11.5. The Balaban J connectivity index is 4.06. The summed E-state index contributed by atoms with van der Waals surface area (Å²) in [6.07, 6.45) is 11.1. The molecule has 0 aromatic rings. The molecule has 1 unspecified atom stereocenters. The Morgan fingerprint density at radius 3 is 2.10 bits per heavy atom. The van der Waals surface area contributed by atoms with Gasteiger partial charge in [-0.2, -0.15) is 0 Å². The highest BCUT2D eigenvalue weighted by Crippen LogP contribution is 2.16. The molecule has 3 nitrogen and oxygen atoms in total. The van der Waals surface area contributed by atoms with Crippen molar-refractivity contribution in [3.63, 3.8) is 0 Å². The van der Waals surface area contributed by atoms with Crippen LogP contribution in [0.2, 0.25) is 0 Å². The molecule has 0 saturated carbocycles. The first-order chi connectivity index (χ1) is 10.2. The van der Waals surface area contributed by atoms with Crippen molar-refractivity contribution in [3.05, 3.63) is 12.2 Å². The summed E-state index contributed by atoms with van der Waals surface area (Å²) in [4.78, 5) is 11.5. The van der Waals surface area contributed by atoms with Gasteiger partial charge < -0.3 is 9.47 Å². The van der Waals surface area contributed by atoms with E-state index in [0.29, 0.717) is 18.8 Å². The number of rotatable bonds is 14. The largest absolute Gasteiger partial charge is 0.463 e. The van der Waals surface area contributed by atoms with Crippen LogP contribution >= 0.6 is 0 Å². The van der Waals surface area contributed by atoms with Crippen LogP contribution in [0.25, 0.3) is 0 Å². The summed E-state index contributed by atoms with van der Waals surface area (Å²) in [6.45, 7) is 10.7. The molecule has 0 aromatic heterocycles. The molecular formula is C18H34O3. The summed E-state index contributed by atoms with van der Waals surface area (Å²) < 4.78 is 10.8. The molecule has 21 heavy (non-hydrogen) atoms. The summed E-state index contributed by atoms with van der Waals surface area (Å²) >= 11 is 0. The second-order valence-corrected chi connectivity index (χ2v) is 5.60. The second kappa shape index (κ2) is 14.1. The van der Waals surface area contributed by atoms with Gasteiger partial charge in [0.1, 0.15) is 0 Å². The van der Waals surface area contributed by atoms with Crippen LogP contribution in [0.1, 0.15) is 78.6 Å². The van der Waals surface area contributed by atoms with Crippen LogP contribution in [-0.2, 0) is 14.3 Å². The highest BCUT2D eigenvalue weighted by molar-refractivity contribution is 5.87. The van der Waals surface area contributed by atoms with E-state index in [1.54, 1.807) is 6.92 Å². The average Bonchev–Trinajstić information content (AvgIpc) is 2.48. The minimum atomic E-state index is -0.337. The van der Waals surface area contributed by atoms with Gasteiger partial charge in [0.05, 0.1) is 24.9 Å². The van der Waals surface area contributed by atoms with Gasteiger partial charge in [-0.15, -0.1) is 0 Å². The molecule has 0 rings (SSSR count). The third-order valence-corrected chi connectivity index (χ3v) is 3.57. The molecule has 0 bridgehead atoms. The molecule has 0 spiro atoms. The third kappa shape index (κ3) is 11.5. The van der Waals surface area contributed by atoms with Crippen LogP contribution in [0.5, 0.6) is 0 Å². The van der Waals surface area contributed by atoms with E-state index in [4.69, 9.17) is 9.47 Å². The van der Waals surface area contributed by atoms with Crippen LogP contribution in [0.3, 0.4) is 0 Å². The molecule has 0 saturated heterocycles. The maximum Gasteiger partial charge on any atom is 0.335 e. The zero-order valence-corrected chi connectivity index (χ0v) is 14.3. The molecule has 0 amide bonds. The summed E-state index contributed by atoms with van der Waals surface area (Å²) in [5, 5.41) is 0. The van der Waals surface area contributed by atoms with Crippen molar-refractivity contribution < 1.29 is 14.3 Å². The van der Waals surface area contributed by atoms with Crippen LogP contribution in [0.4, 0.5) is 0 Å². The lowest BCUT2D eigenvalue weighted by Crippen LogP contribution is -2.18. The highest BCUT2D eigenvalue weighted by atomic mass is 16.5. The lowest BCUT2D eigenvalue weighted by atomic mass is 10.0. The fraction of sp³-hybridized carbons (Fsp3) is 0.833. The molecular weight excluding hydrogens is 264 g/mol. The zero-order valence-electron chi connectivity index (χ0n) is 14.3. The second-order valence-electron chi connectivity index (χ2n) is 5.60. The minimum absolute atomic E-state index is 0.250. The van der Waals surface area contributed by atoms with Gasteiger partial charge >= 0.3 is 5.97 Å². The van der Waals surface area contributed by atoms with E-state index in [1.165, 1.54) is 44.9 Å². The Bertz CT molecular complexity index is 274. The number of ether oxygens (including phenoxy) is 2. The van der Waals surface area contributed by atoms with E-state index in [-0.39, 0.29) is 12.1 Å². The smallest absolute Gasteiger partial charge is 0.335 e. The molecule has 1 atom stereocenters. The molecule has 0 fully saturated rings. The summed E-state index contributed by atoms with van der Waals surface area (Å²) in [6, 6.07) is 0. The molecule has 0 aromatic carbocycles. The first-order valence-corrected chi connectivity index (χ1v) is 8.62. The molecule has 0 aliphatic rings. The van der Waals surface area contributed by atoms with Crippen molar-refractivity contribution >= 4 is 5.97 Å². The maximum atomic E-state index is 11.5. The quantitative estimate of drug-likeness (QED) is 0.256. The standard InChI is InChI=1S/C18H34O3/c1-5-8-10-12-14-17(13-11-9-6-2)21-15-16(4)18(19)20-7-3/h17H,4-15H2,1-3H3. The van der Waals surface area contributed by atoms with Crippen molar-refractivity contribution in [2.45, 2.75) is 84.7 Å². The number of esters is 1. The lowest BCUT2D eigenvalue weighted by Gasteiger charge is -2.18. The first-order valence-electron chi connectivity index (χ1n) is 8.62. The van der Waals surface area contributed by atoms with Gasteiger partial charge in [-0.25, -0.2) is 4.79 Å². The van der Waals surface area contributed by atoms with Gasteiger partial charge in [0.25, 0.3) is 0 Å². The molecule has 124 valence electrons. The molecule has 0 N–H and O–H groups in total. The Hall–Kier alpha value is -0.830. The summed E-state index contributed by atoms with van der Waals surface area (Å²) in [7, 11) is 0. The van der Waals surface area contributed by atoms with Gasteiger partial charge in [-0.05, 0) is 19.8 Å². The zero-order chi connectivity index (χ0) is 15.9. The molecule has 0 aliphatic carbocycles. The fourth-order valence-electron chi connectivity index (χ4n) is 2.24. The molecule has 3 heteroatoms. The summed E-state index contributed by atoms with van der Waals surface area (Å²) in [5.74, 6) is -0.337. The predicted octanol–water partition coefficient (Wildman–Crippen LogP) is 5.04. The first kappa shape index (κ1) is 20.2. The van der Waals surface area contributed by atoms with Gasteiger partial charge in [0.2, 0.25) is 0 Å². The van der Waals surface area contributed by atoms with Gasteiger partial charge in [0, 0.05) is 0 Å². The van der Waals surface area contributed by atoms with Crippen molar-refractivity contribution in [3.8, 4) is 0 Å². The lowest BCUT2D eigenvalue weighted by molar-refractivity contribution is -0.139. The average molecular weight is 298 g/mol. The van der Waals surface area contributed by atoms with E-state index in [1.807, 2.05) is 0 Å². The topological polar surface area (TPSA) is 35.5 Å². The Morgan fingerprint density at radius 2 is 1.52 bits per heavy atom. The third-order valence-electron chi connectivity index (χ3n) is 3.57. The normalized spacial score (nSPS) is 12.1. The Labute approximate surface area is 131 Å². The minimum Gasteiger partial charge on any atom is -0.463 e. The van der Waals surface area contributed by atoms with Crippen LogP contribution in [0.15, 0.2) is 12.2 Å². The van der Waals surface area contributed by atoms with Gasteiger partial charge in [0.15, 0.2) is 0 Å². The highest BCUT2D eigenvalue weighted by Gasteiger charge is 2.13. The van der Waals surface area contributed by atoms with Crippen molar-refractivity contribution in [2.24, 2.45) is 0 Å². The van der Waals surface area contributed by atoms with Crippen LogP contribution in [-0.4, -0.2) is 25.3 Å². The van der Waals surface area contributed by atoms with Crippen molar-refractivity contribution in [2.75, 3.05) is 13.2 Å². The number of hydrogen-bond acceptors (Lipinski definition) is 3.